The molecule has 11 aromatic heterocycles. The van der Waals surface area contributed by atoms with E-state index in [1.54, 1.807) is 0 Å². The van der Waals surface area contributed by atoms with E-state index in [1.165, 1.54) is 38.9 Å². The summed E-state index contributed by atoms with van der Waals surface area (Å²) >= 11 is 0. The minimum atomic E-state index is 0. The highest BCUT2D eigenvalue weighted by Crippen LogP contribution is 2.22. The fourth-order valence-electron chi connectivity index (χ4n) is 8.01. The van der Waals surface area contributed by atoms with Crippen LogP contribution in [-0.2, 0) is 0 Å². The number of pyridine rings is 11. The molecule has 0 aliphatic carbocycles. The van der Waals surface area contributed by atoms with Crippen molar-refractivity contribution in [3.8, 4) is 56.7 Å². The summed E-state index contributed by atoms with van der Waals surface area (Å²) in [6.07, 6.45) is 11.2. The quantitative estimate of drug-likeness (QED) is 0.163. The SMILES string of the molecule is C.Cc1ccc(-c2ccc(C)cn2)cc1.Cc1ccc(-c2ccc(C)nc2)nc1.Cc1ccc(C)nc1.Cc1cccc(-c2cccc(-c3cccc(C)n3)n2)n1.Cc1cccc(-c2cccc(C)n2)n1.Cc1cccc(C)n1.Cc1cncc(C)c1. The Morgan fingerprint density at radius 2 is 0.494 bits per heavy atom. The van der Waals surface area contributed by atoms with Crippen molar-refractivity contribution in [3.63, 3.8) is 0 Å². The average molecular weight is 1150 g/mol. The molecule has 0 saturated heterocycles. The molecule has 442 valence electrons. The topological polar surface area (TPSA) is 142 Å². The molecule has 0 atom stereocenters. The molecule has 11 heteroatoms. The third kappa shape index (κ3) is 24.5. The van der Waals surface area contributed by atoms with Crippen molar-refractivity contribution in [3.05, 3.63) is 304 Å². The molecule has 0 fully saturated rings. The second-order valence-corrected chi connectivity index (χ2v) is 21.0. The zero-order valence-electron chi connectivity index (χ0n) is 52.3. The van der Waals surface area contributed by atoms with E-state index in [4.69, 9.17) is 0 Å². The van der Waals surface area contributed by atoms with E-state index in [2.05, 4.69) is 116 Å². The molecule has 0 amide bonds. The van der Waals surface area contributed by atoms with E-state index in [9.17, 15) is 0 Å². The van der Waals surface area contributed by atoms with Crippen LogP contribution in [-0.4, -0.2) is 54.8 Å². The van der Waals surface area contributed by atoms with Gasteiger partial charge < -0.3 is 0 Å². The lowest BCUT2D eigenvalue weighted by Gasteiger charge is -2.05. The third-order valence-electron chi connectivity index (χ3n) is 12.6. The first-order chi connectivity index (χ1) is 41.3. The highest BCUT2D eigenvalue weighted by Gasteiger charge is 2.07. The van der Waals surface area contributed by atoms with Crippen molar-refractivity contribution in [2.45, 2.75) is 104 Å². The number of benzene rings is 1. The van der Waals surface area contributed by atoms with Crippen molar-refractivity contribution < 1.29 is 0 Å². The number of aromatic nitrogens is 11. The first-order valence-electron chi connectivity index (χ1n) is 28.6. The van der Waals surface area contributed by atoms with Crippen molar-refractivity contribution in [2.24, 2.45) is 0 Å². The minimum Gasteiger partial charge on any atom is -0.264 e. The van der Waals surface area contributed by atoms with Crippen molar-refractivity contribution in [1.29, 1.82) is 0 Å². The lowest BCUT2D eigenvalue weighted by atomic mass is 10.1. The molecular formula is C76H83N11. The van der Waals surface area contributed by atoms with E-state index in [0.717, 1.165) is 96.7 Å². The minimum absolute atomic E-state index is 0. The summed E-state index contributed by atoms with van der Waals surface area (Å²) in [5.74, 6) is 0. The molecule has 1 aromatic carbocycles. The molecule has 0 spiro atoms. The largest absolute Gasteiger partial charge is 0.264 e. The fourth-order valence-corrected chi connectivity index (χ4v) is 8.01. The highest BCUT2D eigenvalue weighted by atomic mass is 14.8. The maximum Gasteiger partial charge on any atom is 0.0894 e. The van der Waals surface area contributed by atoms with Gasteiger partial charge in [0.1, 0.15) is 0 Å². The van der Waals surface area contributed by atoms with E-state index in [0.29, 0.717) is 0 Å². The number of rotatable bonds is 5. The second kappa shape index (κ2) is 35.2. The van der Waals surface area contributed by atoms with E-state index in [1.807, 2.05) is 261 Å². The van der Waals surface area contributed by atoms with Gasteiger partial charge in [-0.2, -0.15) is 0 Å². The Bertz CT molecular complexity index is 3580. The Kier molecular flexibility index (Phi) is 27.4. The second-order valence-electron chi connectivity index (χ2n) is 21.0. The molecule has 12 rings (SSSR count). The van der Waals surface area contributed by atoms with Gasteiger partial charge in [-0.25, -0.2) is 4.98 Å². The number of hydrogen-bond acceptors (Lipinski definition) is 11. The Labute approximate surface area is 517 Å². The smallest absolute Gasteiger partial charge is 0.0894 e. The monoisotopic (exact) mass is 1150 g/mol. The van der Waals surface area contributed by atoms with Crippen LogP contribution in [0.25, 0.3) is 56.7 Å². The lowest BCUT2D eigenvalue weighted by molar-refractivity contribution is 1.12. The molecule has 0 saturated carbocycles. The van der Waals surface area contributed by atoms with E-state index < -0.39 is 0 Å². The molecule has 11 nitrogen and oxygen atoms in total. The van der Waals surface area contributed by atoms with Gasteiger partial charge in [0, 0.05) is 93.9 Å². The van der Waals surface area contributed by atoms with Gasteiger partial charge >= 0.3 is 0 Å². The normalized spacial score (nSPS) is 9.86. The van der Waals surface area contributed by atoms with Gasteiger partial charge in [-0.05, 0) is 228 Å². The number of aryl methyl sites for hydroxylation is 14. The summed E-state index contributed by atoms with van der Waals surface area (Å²) in [5.41, 5.74) is 25.3. The molecular weight excluding hydrogens is 1070 g/mol. The van der Waals surface area contributed by atoms with Crippen molar-refractivity contribution in [1.82, 2.24) is 54.8 Å². The molecule has 87 heavy (non-hydrogen) atoms. The van der Waals surface area contributed by atoms with Crippen LogP contribution >= 0.6 is 0 Å². The first-order valence-corrected chi connectivity index (χ1v) is 28.6. The summed E-state index contributed by atoms with van der Waals surface area (Å²) in [4.78, 5) is 47.7. The molecule has 0 aliphatic rings. The Balaban J connectivity index is 0.000000189. The Morgan fingerprint density at radius 3 is 0.782 bits per heavy atom. The molecule has 11 heterocycles. The summed E-state index contributed by atoms with van der Waals surface area (Å²) in [6, 6.07) is 62.6. The summed E-state index contributed by atoms with van der Waals surface area (Å²) in [7, 11) is 0. The van der Waals surface area contributed by atoms with Gasteiger partial charge in [0.25, 0.3) is 0 Å². The predicted octanol–water partition coefficient (Wildman–Crippen LogP) is 18.4. The maximum absolute atomic E-state index is 4.67. The molecule has 0 unspecified atom stereocenters. The summed E-state index contributed by atoms with van der Waals surface area (Å²) < 4.78 is 0. The molecule has 0 radical (unpaired) electrons. The Morgan fingerprint density at radius 1 is 0.195 bits per heavy atom. The standard InChI is InChI=1S/C17H15N3.C13H13N.2C12H12N2.3C7H9N.CH4/c1-12-6-3-8-14(18-12)16-10-5-11-17(20-16)15-9-4-7-13(2)19-15;1-10-3-6-12(7-4-10)13-8-5-11(2)9-14-13;1-9-3-6-12(14-7-9)11-5-4-10(2)13-8-11;1-9-5-3-7-11(13-9)12-8-4-6-10(2)14-12;1-6-3-7(2)5-8-4-6;1-6-3-4-7(2)8-5-6;1-6-4-3-5-7(2)8-6;/h3-11H,1-2H3;3-9H,1-2H3;2*3-8H,1-2H3;3*3-5H,1-2H3;1H4. The van der Waals surface area contributed by atoms with E-state index in [-0.39, 0.29) is 7.43 Å². The van der Waals surface area contributed by atoms with Crippen LogP contribution in [0.5, 0.6) is 0 Å². The van der Waals surface area contributed by atoms with Gasteiger partial charge in [0.05, 0.1) is 45.6 Å². The van der Waals surface area contributed by atoms with Gasteiger partial charge in [0.15, 0.2) is 0 Å². The highest BCUT2D eigenvalue weighted by molar-refractivity contribution is 5.62. The van der Waals surface area contributed by atoms with Crippen LogP contribution in [0.2, 0.25) is 0 Å². The van der Waals surface area contributed by atoms with Crippen LogP contribution in [0.15, 0.2) is 225 Å². The average Bonchev–Trinajstić information content (AvgIpc) is 3.66. The molecule has 12 aromatic rings. The van der Waals surface area contributed by atoms with Gasteiger partial charge in [-0.15, -0.1) is 0 Å². The predicted molar refractivity (Wildman–Crippen MR) is 361 cm³/mol. The maximum atomic E-state index is 4.67. The lowest BCUT2D eigenvalue weighted by Crippen LogP contribution is -1.93. The van der Waals surface area contributed by atoms with Crippen LogP contribution < -0.4 is 0 Å². The number of hydrogen-bond donors (Lipinski definition) is 0. The molecule has 0 aliphatic heterocycles. The van der Waals surface area contributed by atoms with Crippen molar-refractivity contribution >= 4 is 0 Å². The van der Waals surface area contributed by atoms with E-state index >= 15 is 0 Å². The van der Waals surface area contributed by atoms with Gasteiger partial charge in [-0.1, -0.05) is 97.9 Å². The summed E-state index contributed by atoms with van der Waals surface area (Å²) in [6.45, 7) is 28.2. The zero-order valence-corrected chi connectivity index (χ0v) is 52.3. The van der Waals surface area contributed by atoms with Gasteiger partial charge in [-0.3, -0.25) is 49.8 Å². The van der Waals surface area contributed by atoms with Crippen LogP contribution in [0.4, 0.5) is 0 Å². The van der Waals surface area contributed by atoms with Crippen molar-refractivity contribution in [2.75, 3.05) is 0 Å². The molecule has 0 N–H and O–H groups in total. The number of nitrogens with zero attached hydrogens (tertiary/aromatic N) is 11. The van der Waals surface area contributed by atoms with Gasteiger partial charge in [0.2, 0.25) is 0 Å². The first kappa shape index (κ1) is 67.7. The fraction of sp³-hybridized carbons (Fsp3) is 0.197. The summed E-state index contributed by atoms with van der Waals surface area (Å²) in [5, 5.41) is 0. The Hall–Kier alpha value is -10.1. The zero-order chi connectivity index (χ0) is 61.8. The van der Waals surface area contributed by atoms with Crippen LogP contribution in [0.3, 0.4) is 0 Å². The van der Waals surface area contributed by atoms with Crippen LogP contribution in [0, 0.1) is 96.9 Å². The third-order valence-corrected chi connectivity index (χ3v) is 12.6. The molecule has 0 bridgehead atoms. The van der Waals surface area contributed by atoms with Crippen LogP contribution in [0.1, 0.15) is 86.4 Å².